The average Bonchev–Trinajstić information content (AvgIpc) is 3.32. The normalized spacial score (nSPS) is 19.3. The zero-order valence-electron chi connectivity index (χ0n) is 14.5. The first-order chi connectivity index (χ1) is 12.6. The van der Waals surface area contributed by atoms with Crippen LogP contribution in [-0.4, -0.2) is 29.8 Å². The van der Waals surface area contributed by atoms with Gasteiger partial charge in [0.25, 0.3) is 5.91 Å². The molecule has 0 bridgehead atoms. The number of benzene rings is 1. The van der Waals surface area contributed by atoms with Crippen molar-refractivity contribution >= 4 is 28.8 Å². The van der Waals surface area contributed by atoms with Gasteiger partial charge in [0.15, 0.2) is 0 Å². The molecule has 4 nitrogen and oxygen atoms in total. The number of halogens is 1. The summed E-state index contributed by atoms with van der Waals surface area (Å²) in [6.45, 7) is 1.68. The molecule has 1 aromatic carbocycles. The van der Waals surface area contributed by atoms with Gasteiger partial charge in [0.2, 0.25) is 5.91 Å². The van der Waals surface area contributed by atoms with Gasteiger partial charge in [0.05, 0.1) is 10.6 Å². The Bertz CT molecular complexity index is 842. The van der Waals surface area contributed by atoms with Crippen LogP contribution in [-0.2, 0) is 17.6 Å². The van der Waals surface area contributed by atoms with Gasteiger partial charge >= 0.3 is 0 Å². The van der Waals surface area contributed by atoms with E-state index in [-0.39, 0.29) is 23.4 Å². The van der Waals surface area contributed by atoms with Gasteiger partial charge in [-0.05, 0) is 55.9 Å². The van der Waals surface area contributed by atoms with E-state index in [9.17, 15) is 14.0 Å². The number of hydrogen-bond acceptors (Lipinski definition) is 3. The number of aryl methyl sites for hydroxylation is 1. The zero-order chi connectivity index (χ0) is 18.1. The molecule has 0 radical (unpaired) electrons. The van der Waals surface area contributed by atoms with Gasteiger partial charge in [-0.1, -0.05) is 12.1 Å². The minimum absolute atomic E-state index is 0.120. The van der Waals surface area contributed by atoms with Gasteiger partial charge in [0, 0.05) is 23.9 Å². The van der Waals surface area contributed by atoms with Crippen LogP contribution in [0.25, 0.3) is 0 Å². The van der Waals surface area contributed by atoms with E-state index in [1.807, 2.05) is 11.0 Å². The molecule has 1 aliphatic carbocycles. The van der Waals surface area contributed by atoms with Crippen molar-refractivity contribution in [2.75, 3.05) is 18.4 Å². The molecule has 2 amide bonds. The van der Waals surface area contributed by atoms with Crippen molar-refractivity contribution in [3.8, 4) is 0 Å². The number of fused-ring (bicyclic) bond motifs is 1. The first kappa shape index (κ1) is 17.2. The van der Waals surface area contributed by atoms with Gasteiger partial charge in [-0.3, -0.25) is 9.59 Å². The number of carbonyl (C=O) groups excluding carboxylic acids is 2. The molecular weight excluding hydrogens is 351 g/mol. The van der Waals surface area contributed by atoms with Gasteiger partial charge in [-0.15, -0.1) is 11.3 Å². The van der Waals surface area contributed by atoms with Crippen LogP contribution < -0.4 is 5.32 Å². The molecule has 2 aromatic rings. The Balaban J connectivity index is 1.45. The van der Waals surface area contributed by atoms with Crippen LogP contribution in [0.2, 0.25) is 0 Å². The molecular formula is C20H21FN2O2S. The minimum atomic E-state index is -0.425. The number of rotatable bonds is 3. The third-order valence-corrected chi connectivity index (χ3v) is 6.41. The highest BCUT2D eigenvalue weighted by molar-refractivity contribution is 7.14. The molecule has 1 fully saturated rings. The van der Waals surface area contributed by atoms with Crippen molar-refractivity contribution in [1.82, 2.24) is 4.90 Å². The first-order valence-corrected chi connectivity index (χ1v) is 9.90. The summed E-state index contributed by atoms with van der Waals surface area (Å²) in [4.78, 5) is 29.0. The molecule has 2 aliphatic rings. The van der Waals surface area contributed by atoms with Crippen molar-refractivity contribution in [2.24, 2.45) is 5.92 Å². The summed E-state index contributed by atoms with van der Waals surface area (Å²) in [5, 5.41) is 2.70. The van der Waals surface area contributed by atoms with Gasteiger partial charge < -0.3 is 10.2 Å². The number of nitrogens with zero attached hydrogens (tertiary/aromatic N) is 1. The number of para-hydroxylation sites is 1. The summed E-state index contributed by atoms with van der Waals surface area (Å²) in [7, 11) is 0. The van der Waals surface area contributed by atoms with E-state index in [0.717, 1.165) is 49.2 Å². The van der Waals surface area contributed by atoms with Crippen molar-refractivity contribution in [1.29, 1.82) is 0 Å². The molecule has 136 valence electrons. The molecule has 26 heavy (non-hydrogen) atoms. The fraction of sp³-hybridized carbons (Fsp3) is 0.400. The van der Waals surface area contributed by atoms with Crippen LogP contribution in [0.3, 0.4) is 0 Å². The van der Waals surface area contributed by atoms with E-state index in [1.54, 1.807) is 29.5 Å². The second kappa shape index (κ2) is 7.19. The van der Waals surface area contributed by atoms with E-state index in [1.165, 1.54) is 10.9 Å². The number of thiophene rings is 1. The summed E-state index contributed by atoms with van der Waals surface area (Å²) in [5.41, 5.74) is 1.32. The molecule has 6 heteroatoms. The Morgan fingerprint density at radius 2 is 1.96 bits per heavy atom. The smallest absolute Gasteiger partial charge is 0.263 e. The van der Waals surface area contributed by atoms with Crippen LogP contribution in [0.1, 0.15) is 39.4 Å². The molecule has 1 aliphatic heterocycles. The molecule has 4 rings (SSSR count). The second-order valence-electron chi connectivity index (χ2n) is 6.97. The molecule has 1 saturated heterocycles. The van der Waals surface area contributed by atoms with Gasteiger partial charge in [-0.2, -0.15) is 0 Å². The van der Waals surface area contributed by atoms with E-state index in [4.69, 9.17) is 0 Å². The summed E-state index contributed by atoms with van der Waals surface area (Å²) >= 11 is 1.57. The Labute approximate surface area is 156 Å². The van der Waals surface area contributed by atoms with Crippen LogP contribution >= 0.6 is 11.3 Å². The number of nitrogens with one attached hydrogen (secondary N) is 1. The van der Waals surface area contributed by atoms with Crippen molar-refractivity contribution < 1.29 is 14.0 Å². The largest absolute Gasteiger partial charge is 0.338 e. The highest BCUT2D eigenvalue weighted by Gasteiger charge is 2.29. The Morgan fingerprint density at radius 3 is 2.73 bits per heavy atom. The summed E-state index contributed by atoms with van der Waals surface area (Å²) in [6.07, 6.45) is 4.29. The van der Waals surface area contributed by atoms with Crippen LogP contribution in [0.15, 0.2) is 30.3 Å². The van der Waals surface area contributed by atoms with Gasteiger partial charge in [0.1, 0.15) is 5.82 Å². The fourth-order valence-electron chi connectivity index (χ4n) is 3.73. The molecule has 1 N–H and O–H groups in total. The standard InChI is InChI=1S/C20H21FN2O2S/c21-15-5-1-2-6-16(15)22-19(24)13-7-8-17-14(11-13)12-18(26-17)20(25)23-9-3-4-10-23/h1-2,5-6,12-13H,3-4,7-11H2,(H,22,24)/t13-/m0/s1. The monoisotopic (exact) mass is 372 g/mol. The maximum absolute atomic E-state index is 13.7. The van der Waals surface area contributed by atoms with Crippen LogP contribution in [0.5, 0.6) is 0 Å². The maximum Gasteiger partial charge on any atom is 0.263 e. The van der Waals surface area contributed by atoms with E-state index >= 15 is 0 Å². The zero-order valence-corrected chi connectivity index (χ0v) is 15.3. The Hall–Kier alpha value is -2.21. The predicted octanol–water partition coefficient (Wildman–Crippen LogP) is 3.87. The lowest BCUT2D eigenvalue weighted by atomic mass is 9.87. The number of likely N-dealkylation sites (tertiary alicyclic amines) is 1. The maximum atomic E-state index is 13.7. The summed E-state index contributed by atoms with van der Waals surface area (Å²) in [6, 6.07) is 8.17. The van der Waals surface area contributed by atoms with Crippen molar-refractivity contribution in [3.05, 3.63) is 51.5 Å². The van der Waals surface area contributed by atoms with Crippen LogP contribution in [0.4, 0.5) is 10.1 Å². The first-order valence-electron chi connectivity index (χ1n) is 9.08. The average molecular weight is 372 g/mol. The predicted molar refractivity (Wildman–Crippen MR) is 100 cm³/mol. The Morgan fingerprint density at radius 1 is 1.19 bits per heavy atom. The number of hydrogen-bond donors (Lipinski definition) is 1. The molecule has 0 spiro atoms. The number of amides is 2. The summed E-state index contributed by atoms with van der Waals surface area (Å²) < 4.78 is 13.7. The molecule has 2 heterocycles. The second-order valence-corrected chi connectivity index (χ2v) is 8.10. The molecule has 1 atom stereocenters. The topological polar surface area (TPSA) is 49.4 Å². The Kier molecular flexibility index (Phi) is 4.76. The van der Waals surface area contributed by atoms with E-state index in [2.05, 4.69) is 5.32 Å². The lowest BCUT2D eigenvalue weighted by Crippen LogP contribution is -2.28. The van der Waals surface area contributed by atoms with Crippen molar-refractivity contribution in [2.45, 2.75) is 32.1 Å². The number of carbonyl (C=O) groups is 2. The molecule has 0 unspecified atom stereocenters. The SMILES string of the molecule is O=C(Nc1ccccc1F)[C@H]1CCc2sc(C(=O)N3CCCC3)cc2C1. The van der Waals surface area contributed by atoms with Crippen LogP contribution in [0, 0.1) is 11.7 Å². The van der Waals surface area contributed by atoms with E-state index in [0.29, 0.717) is 6.42 Å². The highest BCUT2D eigenvalue weighted by Crippen LogP contribution is 2.34. The lowest BCUT2D eigenvalue weighted by molar-refractivity contribution is -0.120. The van der Waals surface area contributed by atoms with Gasteiger partial charge in [-0.25, -0.2) is 4.39 Å². The lowest BCUT2D eigenvalue weighted by Gasteiger charge is -2.21. The fourth-order valence-corrected chi connectivity index (χ4v) is 4.90. The quantitative estimate of drug-likeness (QED) is 0.889. The summed E-state index contributed by atoms with van der Waals surface area (Å²) in [5.74, 6) is -0.647. The number of anilines is 1. The third kappa shape index (κ3) is 3.38. The molecule has 1 aromatic heterocycles. The van der Waals surface area contributed by atoms with Crippen molar-refractivity contribution in [3.63, 3.8) is 0 Å². The minimum Gasteiger partial charge on any atom is -0.338 e. The highest BCUT2D eigenvalue weighted by atomic mass is 32.1. The molecule has 0 saturated carbocycles. The van der Waals surface area contributed by atoms with E-state index < -0.39 is 5.82 Å². The third-order valence-electron chi connectivity index (χ3n) is 5.19.